The lowest BCUT2D eigenvalue weighted by Crippen LogP contribution is -2.49. The van der Waals surface area contributed by atoms with E-state index in [9.17, 15) is 9.59 Å². The molecule has 0 atom stereocenters. The molecular weight excluding hydrogens is 340 g/mol. The summed E-state index contributed by atoms with van der Waals surface area (Å²) in [6.45, 7) is 7.67. The van der Waals surface area contributed by atoms with Crippen LogP contribution in [0.2, 0.25) is 0 Å². The number of carbonyl (C=O) groups excluding carboxylic acids is 2. The number of hydrogen-bond acceptors (Lipinski definition) is 3. The standard InChI is InChI=1S/C22H28N2O3/c1-16(2)24(15-17-11-7-6-8-12-17)21(26)22(3,4)20(25)23-18-13-9-10-14-19(18)27-5/h6-14,16H,15H2,1-5H3,(H,23,25). The molecule has 0 unspecified atom stereocenters. The van der Waals surface area contributed by atoms with E-state index in [1.807, 2.05) is 56.3 Å². The Labute approximate surface area is 161 Å². The number of benzene rings is 2. The molecule has 0 aliphatic carbocycles. The maximum Gasteiger partial charge on any atom is 0.239 e. The molecule has 5 heteroatoms. The van der Waals surface area contributed by atoms with Gasteiger partial charge in [0.15, 0.2) is 0 Å². The fourth-order valence-corrected chi connectivity index (χ4v) is 2.75. The zero-order chi connectivity index (χ0) is 20.0. The van der Waals surface area contributed by atoms with Gasteiger partial charge in [-0.15, -0.1) is 0 Å². The number of nitrogens with zero attached hydrogens (tertiary/aromatic N) is 1. The fourth-order valence-electron chi connectivity index (χ4n) is 2.75. The van der Waals surface area contributed by atoms with Crippen molar-refractivity contribution in [1.82, 2.24) is 4.90 Å². The normalized spacial score (nSPS) is 11.2. The lowest BCUT2D eigenvalue weighted by atomic mass is 9.89. The average molecular weight is 368 g/mol. The fraction of sp³-hybridized carbons (Fsp3) is 0.364. The van der Waals surface area contributed by atoms with Crippen LogP contribution in [0.4, 0.5) is 5.69 Å². The molecule has 0 saturated carbocycles. The summed E-state index contributed by atoms with van der Waals surface area (Å²) < 4.78 is 5.27. The number of carbonyl (C=O) groups is 2. The van der Waals surface area contributed by atoms with E-state index in [0.29, 0.717) is 18.0 Å². The Morgan fingerprint density at radius 3 is 2.22 bits per heavy atom. The van der Waals surface area contributed by atoms with Gasteiger partial charge in [0.05, 0.1) is 12.8 Å². The summed E-state index contributed by atoms with van der Waals surface area (Å²) in [5.74, 6) is -0.0245. The van der Waals surface area contributed by atoms with Gasteiger partial charge in [-0.3, -0.25) is 9.59 Å². The lowest BCUT2D eigenvalue weighted by molar-refractivity contribution is -0.148. The van der Waals surface area contributed by atoms with Crippen molar-refractivity contribution in [3.63, 3.8) is 0 Å². The van der Waals surface area contributed by atoms with Crippen molar-refractivity contribution >= 4 is 17.5 Å². The monoisotopic (exact) mass is 368 g/mol. The van der Waals surface area contributed by atoms with Gasteiger partial charge >= 0.3 is 0 Å². The van der Waals surface area contributed by atoms with Gasteiger partial charge in [0.1, 0.15) is 11.2 Å². The Hall–Kier alpha value is -2.82. The number of nitrogens with one attached hydrogen (secondary N) is 1. The van der Waals surface area contributed by atoms with Crippen LogP contribution < -0.4 is 10.1 Å². The second kappa shape index (κ2) is 8.71. The maximum absolute atomic E-state index is 13.2. The quantitative estimate of drug-likeness (QED) is 0.749. The molecule has 5 nitrogen and oxygen atoms in total. The Kier molecular flexibility index (Phi) is 6.61. The van der Waals surface area contributed by atoms with Gasteiger partial charge in [0, 0.05) is 12.6 Å². The summed E-state index contributed by atoms with van der Waals surface area (Å²) in [7, 11) is 1.54. The Morgan fingerprint density at radius 2 is 1.63 bits per heavy atom. The zero-order valence-corrected chi connectivity index (χ0v) is 16.7. The summed E-state index contributed by atoms with van der Waals surface area (Å²) in [6, 6.07) is 16.9. The molecule has 0 bridgehead atoms. The number of methoxy groups -OCH3 is 1. The van der Waals surface area contributed by atoms with Gasteiger partial charge in [0.25, 0.3) is 0 Å². The van der Waals surface area contributed by atoms with Crippen LogP contribution in [0.5, 0.6) is 5.75 Å². The van der Waals surface area contributed by atoms with Crippen LogP contribution in [0.15, 0.2) is 54.6 Å². The van der Waals surface area contributed by atoms with E-state index < -0.39 is 5.41 Å². The van der Waals surface area contributed by atoms with E-state index in [1.165, 1.54) is 0 Å². The van der Waals surface area contributed by atoms with E-state index in [-0.39, 0.29) is 17.9 Å². The Balaban J connectivity index is 2.21. The maximum atomic E-state index is 13.2. The highest BCUT2D eigenvalue weighted by Gasteiger charge is 2.40. The highest BCUT2D eigenvalue weighted by atomic mass is 16.5. The third-order valence-corrected chi connectivity index (χ3v) is 4.54. The van der Waals surface area contributed by atoms with Crippen molar-refractivity contribution in [2.24, 2.45) is 5.41 Å². The van der Waals surface area contributed by atoms with Crippen LogP contribution in [-0.2, 0) is 16.1 Å². The molecule has 0 spiro atoms. The topological polar surface area (TPSA) is 58.6 Å². The molecule has 2 aromatic rings. The van der Waals surface area contributed by atoms with Gasteiger partial charge < -0.3 is 15.0 Å². The minimum Gasteiger partial charge on any atom is -0.495 e. The van der Waals surface area contributed by atoms with Gasteiger partial charge in [-0.25, -0.2) is 0 Å². The molecular formula is C22H28N2O3. The molecule has 2 amide bonds. The third-order valence-electron chi connectivity index (χ3n) is 4.54. The Morgan fingerprint density at radius 1 is 1.04 bits per heavy atom. The SMILES string of the molecule is COc1ccccc1NC(=O)C(C)(C)C(=O)N(Cc1ccccc1)C(C)C. The van der Waals surface area contributed by atoms with Crippen molar-refractivity contribution in [2.75, 3.05) is 12.4 Å². The van der Waals surface area contributed by atoms with E-state index in [4.69, 9.17) is 4.74 Å². The van der Waals surface area contributed by atoms with Gasteiger partial charge in [-0.2, -0.15) is 0 Å². The molecule has 27 heavy (non-hydrogen) atoms. The molecule has 0 saturated heterocycles. The minimum absolute atomic E-state index is 0.0314. The van der Waals surface area contributed by atoms with E-state index in [1.54, 1.807) is 38.0 Å². The first kappa shape index (κ1) is 20.5. The molecule has 2 rings (SSSR count). The second-order valence-electron chi connectivity index (χ2n) is 7.29. The zero-order valence-electron chi connectivity index (χ0n) is 16.7. The van der Waals surface area contributed by atoms with Crippen molar-refractivity contribution < 1.29 is 14.3 Å². The van der Waals surface area contributed by atoms with Crippen LogP contribution in [0, 0.1) is 5.41 Å². The molecule has 0 fully saturated rings. The Bertz CT molecular complexity index is 785. The van der Waals surface area contributed by atoms with E-state index in [2.05, 4.69) is 5.32 Å². The van der Waals surface area contributed by atoms with Gasteiger partial charge in [0.2, 0.25) is 11.8 Å². The first-order chi connectivity index (χ1) is 12.8. The highest BCUT2D eigenvalue weighted by molar-refractivity contribution is 6.10. The highest BCUT2D eigenvalue weighted by Crippen LogP contribution is 2.28. The number of rotatable bonds is 7. The van der Waals surface area contributed by atoms with Crippen molar-refractivity contribution in [3.05, 3.63) is 60.2 Å². The number of anilines is 1. The number of amides is 2. The van der Waals surface area contributed by atoms with Crippen molar-refractivity contribution in [3.8, 4) is 5.75 Å². The number of ether oxygens (including phenoxy) is 1. The largest absolute Gasteiger partial charge is 0.495 e. The van der Waals surface area contributed by atoms with Crippen LogP contribution in [0.1, 0.15) is 33.3 Å². The van der Waals surface area contributed by atoms with Crippen molar-refractivity contribution in [1.29, 1.82) is 0 Å². The molecule has 0 aliphatic rings. The predicted octanol–water partition coefficient (Wildman–Crippen LogP) is 4.10. The molecule has 2 aromatic carbocycles. The molecule has 0 aliphatic heterocycles. The van der Waals surface area contributed by atoms with Crippen LogP contribution in [0.3, 0.4) is 0 Å². The van der Waals surface area contributed by atoms with Gasteiger partial charge in [-0.1, -0.05) is 42.5 Å². The molecule has 1 N–H and O–H groups in total. The average Bonchev–Trinajstić information content (AvgIpc) is 2.66. The smallest absolute Gasteiger partial charge is 0.239 e. The third kappa shape index (κ3) is 4.88. The first-order valence-electron chi connectivity index (χ1n) is 9.06. The second-order valence-corrected chi connectivity index (χ2v) is 7.29. The number of para-hydroxylation sites is 2. The molecule has 0 radical (unpaired) electrons. The lowest BCUT2D eigenvalue weighted by Gasteiger charge is -2.34. The summed E-state index contributed by atoms with van der Waals surface area (Å²) in [4.78, 5) is 27.9. The molecule has 0 heterocycles. The summed E-state index contributed by atoms with van der Waals surface area (Å²) in [6.07, 6.45) is 0. The number of hydrogen-bond donors (Lipinski definition) is 1. The van der Waals surface area contributed by atoms with Crippen LogP contribution >= 0.6 is 0 Å². The van der Waals surface area contributed by atoms with Crippen LogP contribution in [0.25, 0.3) is 0 Å². The van der Waals surface area contributed by atoms with E-state index >= 15 is 0 Å². The van der Waals surface area contributed by atoms with E-state index in [0.717, 1.165) is 5.56 Å². The first-order valence-corrected chi connectivity index (χ1v) is 9.06. The minimum atomic E-state index is -1.22. The molecule has 0 aromatic heterocycles. The van der Waals surface area contributed by atoms with Crippen LogP contribution in [-0.4, -0.2) is 29.9 Å². The predicted molar refractivity (Wildman–Crippen MR) is 108 cm³/mol. The van der Waals surface area contributed by atoms with Gasteiger partial charge in [-0.05, 0) is 45.4 Å². The summed E-state index contributed by atoms with van der Waals surface area (Å²) in [5, 5.41) is 2.83. The van der Waals surface area contributed by atoms with Crippen molar-refractivity contribution in [2.45, 2.75) is 40.3 Å². The molecule has 144 valence electrons. The summed E-state index contributed by atoms with van der Waals surface area (Å²) in [5.41, 5.74) is 0.352. The summed E-state index contributed by atoms with van der Waals surface area (Å²) >= 11 is 0.